The van der Waals surface area contributed by atoms with Gasteiger partial charge in [0.1, 0.15) is 0 Å². The normalized spacial score (nSPS) is 9.19. The first-order valence-corrected chi connectivity index (χ1v) is 6.26. The number of rotatable bonds is 1. The molecule has 0 aliphatic rings. The first-order valence-electron chi connectivity index (χ1n) is 5.68. The molecule has 0 bridgehead atoms. The molecule has 0 N–H and O–H groups in total. The van der Waals surface area contributed by atoms with Crippen LogP contribution in [-0.4, -0.2) is 0 Å². The van der Waals surface area contributed by atoms with Gasteiger partial charge in [0.05, 0.1) is 0 Å². The molecule has 2 aromatic rings. The van der Waals surface area contributed by atoms with Crippen LogP contribution in [0.1, 0.15) is 20.3 Å². The SMILES string of the molecule is CCC.Pc1ccc(-c2ccccc2)cc1. The summed E-state index contributed by atoms with van der Waals surface area (Å²) in [5, 5.41) is 1.22. The molecule has 0 nitrogen and oxygen atoms in total. The predicted octanol–water partition coefficient (Wildman–Crippen LogP) is 4.27. The van der Waals surface area contributed by atoms with E-state index in [0.717, 1.165) is 0 Å². The van der Waals surface area contributed by atoms with Gasteiger partial charge in [-0.05, 0) is 16.4 Å². The molecule has 84 valence electrons. The van der Waals surface area contributed by atoms with E-state index >= 15 is 0 Å². The lowest BCUT2D eigenvalue weighted by atomic mass is 10.1. The Morgan fingerprint density at radius 2 is 1.19 bits per heavy atom. The zero-order valence-corrected chi connectivity index (χ0v) is 11.1. The molecule has 0 amide bonds. The number of hydrogen-bond acceptors (Lipinski definition) is 0. The van der Waals surface area contributed by atoms with Crippen LogP contribution in [0.3, 0.4) is 0 Å². The molecule has 0 spiro atoms. The van der Waals surface area contributed by atoms with Gasteiger partial charge in [-0.2, -0.15) is 0 Å². The molecule has 1 unspecified atom stereocenters. The molecule has 0 saturated heterocycles. The summed E-state index contributed by atoms with van der Waals surface area (Å²) in [6.45, 7) is 4.25. The van der Waals surface area contributed by atoms with Crippen LogP contribution in [0, 0.1) is 0 Å². The predicted molar refractivity (Wildman–Crippen MR) is 77.2 cm³/mol. The van der Waals surface area contributed by atoms with E-state index in [-0.39, 0.29) is 0 Å². The van der Waals surface area contributed by atoms with E-state index in [9.17, 15) is 0 Å². The monoisotopic (exact) mass is 230 g/mol. The Hall–Kier alpha value is -1.13. The molecular formula is C15H19P. The van der Waals surface area contributed by atoms with Crippen molar-refractivity contribution in [1.29, 1.82) is 0 Å². The van der Waals surface area contributed by atoms with Gasteiger partial charge in [-0.3, -0.25) is 0 Å². The summed E-state index contributed by atoms with van der Waals surface area (Å²) in [6, 6.07) is 18.9. The zero-order valence-electron chi connectivity index (χ0n) is 9.98. The second kappa shape index (κ2) is 7.19. The van der Waals surface area contributed by atoms with Crippen LogP contribution in [0.4, 0.5) is 0 Å². The molecular weight excluding hydrogens is 211 g/mol. The smallest absolute Gasteiger partial charge is 0.0184 e. The summed E-state index contributed by atoms with van der Waals surface area (Å²) >= 11 is 0. The minimum atomic E-state index is 1.22. The third kappa shape index (κ3) is 4.16. The second-order valence-corrected chi connectivity index (χ2v) is 4.36. The van der Waals surface area contributed by atoms with Gasteiger partial charge in [0.25, 0.3) is 0 Å². The van der Waals surface area contributed by atoms with Crippen LogP contribution in [0.5, 0.6) is 0 Å². The summed E-state index contributed by atoms with van der Waals surface area (Å²) in [4.78, 5) is 0. The van der Waals surface area contributed by atoms with E-state index in [1.54, 1.807) is 0 Å². The van der Waals surface area contributed by atoms with Gasteiger partial charge in [0, 0.05) is 0 Å². The van der Waals surface area contributed by atoms with Crippen molar-refractivity contribution in [2.24, 2.45) is 0 Å². The van der Waals surface area contributed by atoms with Crippen LogP contribution in [0.2, 0.25) is 0 Å². The van der Waals surface area contributed by atoms with Crippen molar-refractivity contribution in [2.45, 2.75) is 20.3 Å². The number of benzene rings is 2. The third-order valence-corrected chi connectivity index (χ3v) is 2.40. The molecule has 0 aliphatic heterocycles. The number of hydrogen-bond donors (Lipinski definition) is 0. The molecule has 0 aliphatic carbocycles. The van der Waals surface area contributed by atoms with E-state index in [2.05, 4.69) is 71.6 Å². The Morgan fingerprint density at radius 1 is 0.750 bits per heavy atom. The van der Waals surface area contributed by atoms with Gasteiger partial charge in [-0.15, -0.1) is 9.24 Å². The Bertz CT molecular complexity index is 390. The Balaban J connectivity index is 0.000000386. The Morgan fingerprint density at radius 3 is 1.69 bits per heavy atom. The van der Waals surface area contributed by atoms with Gasteiger partial charge in [-0.1, -0.05) is 74.9 Å². The minimum absolute atomic E-state index is 1.22. The van der Waals surface area contributed by atoms with Gasteiger partial charge >= 0.3 is 0 Å². The maximum absolute atomic E-state index is 2.69. The van der Waals surface area contributed by atoms with Crippen molar-refractivity contribution in [3.05, 3.63) is 54.6 Å². The lowest BCUT2D eigenvalue weighted by Gasteiger charge is -2.00. The van der Waals surface area contributed by atoms with Crippen molar-refractivity contribution in [3.8, 4) is 11.1 Å². The topological polar surface area (TPSA) is 0 Å². The van der Waals surface area contributed by atoms with Crippen LogP contribution in [0.25, 0.3) is 11.1 Å². The molecule has 0 saturated carbocycles. The van der Waals surface area contributed by atoms with Crippen molar-refractivity contribution in [3.63, 3.8) is 0 Å². The van der Waals surface area contributed by atoms with Crippen LogP contribution in [0.15, 0.2) is 54.6 Å². The molecule has 0 heterocycles. The van der Waals surface area contributed by atoms with Gasteiger partial charge in [0.2, 0.25) is 0 Å². The molecule has 16 heavy (non-hydrogen) atoms. The fourth-order valence-electron chi connectivity index (χ4n) is 1.31. The fraction of sp³-hybridized carbons (Fsp3) is 0.200. The second-order valence-electron chi connectivity index (χ2n) is 3.70. The highest BCUT2D eigenvalue weighted by Crippen LogP contribution is 2.17. The summed E-state index contributed by atoms with van der Waals surface area (Å²) in [5.74, 6) is 0. The molecule has 0 aromatic heterocycles. The average Bonchev–Trinajstić information content (AvgIpc) is 2.32. The molecule has 1 atom stereocenters. The van der Waals surface area contributed by atoms with Crippen LogP contribution < -0.4 is 5.30 Å². The Kier molecular flexibility index (Phi) is 5.82. The van der Waals surface area contributed by atoms with E-state index in [0.29, 0.717) is 0 Å². The standard InChI is InChI=1S/C12H11P.C3H8/c13-12-8-6-11(7-9-12)10-4-2-1-3-5-10;1-3-2/h1-9H,13H2;3H2,1-2H3. The summed E-state index contributed by atoms with van der Waals surface area (Å²) in [7, 11) is 2.69. The molecule has 2 rings (SSSR count). The lowest BCUT2D eigenvalue weighted by molar-refractivity contribution is 1.09. The highest BCUT2D eigenvalue weighted by atomic mass is 31.0. The van der Waals surface area contributed by atoms with Gasteiger partial charge < -0.3 is 0 Å². The maximum Gasteiger partial charge on any atom is -0.0184 e. The van der Waals surface area contributed by atoms with Crippen molar-refractivity contribution in [2.75, 3.05) is 0 Å². The summed E-state index contributed by atoms with van der Waals surface area (Å²) in [5.41, 5.74) is 2.54. The zero-order chi connectivity index (χ0) is 11.8. The lowest BCUT2D eigenvalue weighted by Crippen LogP contribution is -1.87. The minimum Gasteiger partial charge on any atom is -0.106 e. The summed E-state index contributed by atoms with van der Waals surface area (Å²) < 4.78 is 0. The van der Waals surface area contributed by atoms with Crippen LogP contribution >= 0.6 is 9.24 Å². The first kappa shape index (κ1) is 12.9. The summed E-state index contributed by atoms with van der Waals surface area (Å²) in [6.07, 6.45) is 1.25. The van der Waals surface area contributed by atoms with E-state index in [1.807, 2.05) is 6.07 Å². The largest absolute Gasteiger partial charge is 0.106 e. The molecule has 1 heteroatoms. The van der Waals surface area contributed by atoms with E-state index in [1.165, 1.54) is 22.9 Å². The van der Waals surface area contributed by atoms with Crippen molar-refractivity contribution >= 4 is 14.5 Å². The highest BCUT2D eigenvalue weighted by Gasteiger charge is 1.93. The average molecular weight is 230 g/mol. The van der Waals surface area contributed by atoms with Gasteiger partial charge in [-0.25, -0.2) is 0 Å². The Labute approximate surface area is 101 Å². The molecule has 0 radical (unpaired) electrons. The quantitative estimate of drug-likeness (QED) is 0.642. The fourth-order valence-corrected chi connectivity index (χ4v) is 1.50. The van der Waals surface area contributed by atoms with Crippen molar-refractivity contribution in [1.82, 2.24) is 0 Å². The highest BCUT2D eigenvalue weighted by molar-refractivity contribution is 7.27. The maximum atomic E-state index is 2.69. The van der Waals surface area contributed by atoms with E-state index in [4.69, 9.17) is 0 Å². The third-order valence-electron chi connectivity index (χ3n) is 2.02. The van der Waals surface area contributed by atoms with E-state index < -0.39 is 0 Å². The first-order chi connectivity index (χ1) is 7.77. The van der Waals surface area contributed by atoms with Gasteiger partial charge in [0.15, 0.2) is 0 Å². The van der Waals surface area contributed by atoms with Crippen molar-refractivity contribution < 1.29 is 0 Å². The molecule has 2 aromatic carbocycles. The van der Waals surface area contributed by atoms with Crippen LogP contribution in [-0.2, 0) is 0 Å². The molecule has 0 fully saturated rings.